The van der Waals surface area contributed by atoms with Crippen LogP contribution in [-0.2, 0) is 10.9 Å². The molecule has 0 saturated heterocycles. The van der Waals surface area contributed by atoms with Gasteiger partial charge in [0.1, 0.15) is 11.6 Å². The first-order valence-electron chi connectivity index (χ1n) is 6.73. The Morgan fingerprint density at radius 3 is 2.48 bits per heavy atom. The van der Waals surface area contributed by atoms with Crippen LogP contribution in [0.15, 0.2) is 24.4 Å². The van der Waals surface area contributed by atoms with Gasteiger partial charge in [-0.1, -0.05) is 0 Å². The van der Waals surface area contributed by atoms with Crippen molar-refractivity contribution >= 4 is 5.97 Å². The van der Waals surface area contributed by atoms with Crippen LogP contribution in [0.1, 0.15) is 35.9 Å². The minimum atomic E-state index is -4.59. The van der Waals surface area contributed by atoms with Crippen molar-refractivity contribution in [2.24, 2.45) is 0 Å². The number of carbonyl (C=O) groups excluding carboxylic acids is 1. The molecule has 0 amide bonds. The van der Waals surface area contributed by atoms with Crippen LogP contribution in [0.5, 0.6) is 5.75 Å². The fourth-order valence-electron chi connectivity index (χ4n) is 2.09. The quantitative estimate of drug-likeness (QED) is 0.874. The highest BCUT2D eigenvalue weighted by Gasteiger charge is 2.35. The lowest BCUT2D eigenvalue weighted by Gasteiger charge is -2.12. The van der Waals surface area contributed by atoms with Gasteiger partial charge < -0.3 is 14.4 Å². The minimum absolute atomic E-state index is 0.0266. The number of ether oxygens (including phenoxy) is 1. The third kappa shape index (κ3) is 3.30. The average molecular weight is 328 g/mol. The summed E-state index contributed by atoms with van der Waals surface area (Å²) in [4.78, 5) is 15.0. The van der Waals surface area contributed by atoms with Gasteiger partial charge in [-0.25, -0.2) is 9.78 Å². The molecule has 0 aliphatic rings. The fourth-order valence-corrected chi connectivity index (χ4v) is 2.09. The third-order valence-corrected chi connectivity index (χ3v) is 3.24. The van der Waals surface area contributed by atoms with E-state index >= 15 is 0 Å². The number of halogens is 3. The van der Waals surface area contributed by atoms with Crippen LogP contribution in [0, 0.1) is 0 Å². The highest BCUT2D eigenvalue weighted by molar-refractivity contribution is 5.90. The summed E-state index contributed by atoms with van der Waals surface area (Å²) in [5.41, 5.74) is -0.855. The Labute approximate surface area is 130 Å². The van der Waals surface area contributed by atoms with Gasteiger partial charge >= 0.3 is 12.1 Å². The lowest BCUT2D eigenvalue weighted by atomic mass is 10.1. The van der Waals surface area contributed by atoms with E-state index in [1.807, 2.05) is 0 Å². The Bertz CT molecular complexity index is 736. The summed E-state index contributed by atoms with van der Waals surface area (Å²) in [6.45, 7) is 3.40. The van der Waals surface area contributed by atoms with Crippen molar-refractivity contribution in [1.82, 2.24) is 9.55 Å². The molecule has 124 valence electrons. The Hall–Kier alpha value is -2.51. The molecule has 8 heteroatoms. The van der Waals surface area contributed by atoms with Gasteiger partial charge in [0, 0.05) is 12.2 Å². The van der Waals surface area contributed by atoms with Crippen molar-refractivity contribution in [2.45, 2.75) is 26.1 Å². The summed E-state index contributed by atoms with van der Waals surface area (Å²) < 4.78 is 44.5. The highest BCUT2D eigenvalue weighted by atomic mass is 19.4. The van der Waals surface area contributed by atoms with Gasteiger partial charge in [-0.05, 0) is 32.0 Å². The molecule has 0 bridgehead atoms. The summed E-state index contributed by atoms with van der Waals surface area (Å²) in [6.07, 6.45) is -3.69. The van der Waals surface area contributed by atoms with E-state index in [1.165, 1.54) is 23.8 Å². The number of rotatable bonds is 3. The molecule has 0 spiro atoms. The van der Waals surface area contributed by atoms with Gasteiger partial charge in [0.2, 0.25) is 0 Å². The zero-order valence-corrected chi connectivity index (χ0v) is 12.7. The van der Waals surface area contributed by atoms with Crippen LogP contribution in [0.4, 0.5) is 13.2 Å². The molecule has 0 aliphatic heterocycles. The third-order valence-electron chi connectivity index (χ3n) is 3.24. The second kappa shape index (κ2) is 5.94. The van der Waals surface area contributed by atoms with E-state index in [2.05, 4.69) is 9.72 Å². The van der Waals surface area contributed by atoms with Crippen molar-refractivity contribution in [3.8, 4) is 17.1 Å². The summed E-state index contributed by atoms with van der Waals surface area (Å²) in [5.74, 6) is -1.04. The molecule has 1 N–H and O–H groups in total. The number of alkyl halides is 3. The number of hydrogen-bond acceptors (Lipinski definition) is 4. The summed E-state index contributed by atoms with van der Waals surface area (Å²) in [6, 6.07) is 3.53. The molecular formula is C15H15F3N2O3. The SMILES string of the molecule is COC(=O)c1ccc(-c2nc(C(F)(F)F)cn2C(C)C)c(O)c1. The Kier molecular flexibility index (Phi) is 4.35. The Morgan fingerprint density at radius 1 is 1.35 bits per heavy atom. The molecule has 1 aromatic heterocycles. The van der Waals surface area contributed by atoms with Crippen LogP contribution in [0.2, 0.25) is 0 Å². The van der Waals surface area contributed by atoms with Gasteiger partial charge in [0.25, 0.3) is 0 Å². The molecular weight excluding hydrogens is 313 g/mol. The average Bonchev–Trinajstić information content (AvgIpc) is 2.91. The van der Waals surface area contributed by atoms with Gasteiger partial charge in [-0.3, -0.25) is 0 Å². The number of phenolic OH excluding ortho intramolecular Hbond substituents is 1. The number of aromatic nitrogens is 2. The van der Waals surface area contributed by atoms with Gasteiger partial charge in [-0.15, -0.1) is 0 Å². The van der Waals surface area contributed by atoms with E-state index in [0.29, 0.717) is 0 Å². The number of benzene rings is 1. The van der Waals surface area contributed by atoms with Crippen LogP contribution in [0.3, 0.4) is 0 Å². The van der Waals surface area contributed by atoms with Crippen molar-refractivity contribution < 1.29 is 27.8 Å². The largest absolute Gasteiger partial charge is 0.507 e. The molecule has 0 atom stereocenters. The molecule has 0 unspecified atom stereocenters. The number of phenols is 1. The first-order valence-corrected chi connectivity index (χ1v) is 6.73. The molecule has 1 aromatic carbocycles. The molecule has 0 aliphatic carbocycles. The Balaban J connectivity index is 2.57. The van der Waals surface area contributed by atoms with Crippen molar-refractivity contribution in [1.29, 1.82) is 0 Å². The number of imidazole rings is 1. The number of carbonyl (C=O) groups is 1. The summed E-state index contributed by atoms with van der Waals surface area (Å²) in [5, 5.41) is 10.1. The monoisotopic (exact) mass is 328 g/mol. The summed E-state index contributed by atoms with van der Waals surface area (Å²) >= 11 is 0. The maximum absolute atomic E-state index is 12.9. The zero-order valence-electron chi connectivity index (χ0n) is 12.7. The zero-order chi connectivity index (χ0) is 17.4. The van der Waals surface area contributed by atoms with E-state index in [1.54, 1.807) is 13.8 Å². The first kappa shape index (κ1) is 16.9. The number of hydrogen-bond donors (Lipinski definition) is 1. The first-order chi connectivity index (χ1) is 10.6. The van der Waals surface area contributed by atoms with Crippen LogP contribution in [-0.4, -0.2) is 27.7 Å². The molecule has 0 radical (unpaired) electrons. The van der Waals surface area contributed by atoms with Crippen molar-refractivity contribution in [2.75, 3.05) is 7.11 Å². The van der Waals surface area contributed by atoms with E-state index in [9.17, 15) is 23.1 Å². The Morgan fingerprint density at radius 2 is 2.00 bits per heavy atom. The predicted octanol–water partition coefficient (Wildman–Crippen LogP) is 3.64. The van der Waals surface area contributed by atoms with E-state index < -0.39 is 17.8 Å². The van der Waals surface area contributed by atoms with Crippen LogP contribution < -0.4 is 0 Å². The standard InChI is InChI=1S/C15H15F3N2O3/c1-8(2)20-7-12(15(16,17)18)19-13(20)10-5-4-9(6-11(10)21)14(22)23-3/h4-8,21H,1-3H3. The second-order valence-electron chi connectivity index (χ2n) is 5.17. The van der Waals surface area contributed by atoms with Gasteiger partial charge in [0.15, 0.2) is 5.69 Å². The van der Waals surface area contributed by atoms with E-state index in [0.717, 1.165) is 12.3 Å². The smallest absolute Gasteiger partial charge is 0.434 e. The highest BCUT2D eigenvalue weighted by Crippen LogP contribution is 2.35. The number of methoxy groups -OCH3 is 1. The van der Waals surface area contributed by atoms with Crippen LogP contribution in [0.25, 0.3) is 11.4 Å². The minimum Gasteiger partial charge on any atom is -0.507 e. The fraction of sp³-hybridized carbons (Fsp3) is 0.333. The van der Waals surface area contributed by atoms with Crippen molar-refractivity contribution in [3.05, 3.63) is 35.7 Å². The normalized spacial score (nSPS) is 11.8. The van der Waals surface area contributed by atoms with Crippen LogP contribution >= 0.6 is 0 Å². The molecule has 2 rings (SSSR count). The molecule has 2 aromatic rings. The number of nitrogens with zero attached hydrogens (tertiary/aromatic N) is 2. The van der Waals surface area contributed by atoms with Gasteiger partial charge in [-0.2, -0.15) is 13.2 Å². The molecule has 0 saturated carbocycles. The predicted molar refractivity (Wildman–Crippen MR) is 76.1 cm³/mol. The lowest BCUT2D eigenvalue weighted by Crippen LogP contribution is -2.05. The second-order valence-corrected chi connectivity index (χ2v) is 5.17. The topological polar surface area (TPSA) is 64.3 Å². The molecule has 0 fully saturated rings. The lowest BCUT2D eigenvalue weighted by molar-refractivity contribution is -0.140. The van der Waals surface area contributed by atoms with E-state index in [-0.39, 0.29) is 28.7 Å². The van der Waals surface area contributed by atoms with Crippen molar-refractivity contribution in [3.63, 3.8) is 0 Å². The van der Waals surface area contributed by atoms with E-state index in [4.69, 9.17) is 0 Å². The molecule has 23 heavy (non-hydrogen) atoms. The van der Waals surface area contributed by atoms with Gasteiger partial charge in [0.05, 0.1) is 18.2 Å². The molecule has 5 nitrogen and oxygen atoms in total. The molecule has 1 heterocycles. The maximum atomic E-state index is 12.9. The summed E-state index contributed by atoms with van der Waals surface area (Å²) in [7, 11) is 1.19. The maximum Gasteiger partial charge on any atom is 0.434 e. The number of aromatic hydroxyl groups is 1. The number of esters is 1.